The number of carbonyl (C=O) groups is 2. The molecule has 172 valence electrons. The molecule has 4 rings (SSSR count). The molecule has 2 aromatic heterocycles. The summed E-state index contributed by atoms with van der Waals surface area (Å²) in [6.45, 7) is 4.64. The number of likely N-dealkylation sites (N-methyl/N-ethyl adjacent to an activating group) is 1. The standard InChI is InChI=1S/C25H28N4O4/c1-15-7-6-12-28-20(16(2)26-24(15)28)22(30)19-21(17-8-10-18(33-5)11-9-17)29(14-13-27(3)4)25(32)23(19)31/h6-12,21,30H,13-14H2,1-5H3/b22-19+/t21-/m0/s1. The van der Waals surface area contributed by atoms with Gasteiger partial charge in [-0.3, -0.25) is 14.0 Å². The minimum atomic E-state index is -0.717. The minimum absolute atomic E-state index is 0.0651. The first-order valence-electron chi connectivity index (χ1n) is 10.8. The van der Waals surface area contributed by atoms with Gasteiger partial charge in [0.05, 0.1) is 24.4 Å². The molecule has 1 amide bonds. The Balaban J connectivity index is 1.93. The molecule has 0 bridgehead atoms. The summed E-state index contributed by atoms with van der Waals surface area (Å²) in [5.74, 6) is -0.884. The van der Waals surface area contributed by atoms with E-state index >= 15 is 0 Å². The van der Waals surface area contributed by atoms with E-state index in [0.29, 0.717) is 35.9 Å². The number of ketones is 1. The van der Waals surface area contributed by atoms with Crippen molar-refractivity contribution in [3.8, 4) is 5.75 Å². The predicted octanol–water partition coefficient (Wildman–Crippen LogP) is 2.94. The molecule has 1 fully saturated rings. The van der Waals surface area contributed by atoms with Gasteiger partial charge in [-0.15, -0.1) is 0 Å². The van der Waals surface area contributed by atoms with E-state index in [4.69, 9.17) is 4.74 Å². The second-order valence-electron chi connectivity index (χ2n) is 8.50. The first-order valence-corrected chi connectivity index (χ1v) is 10.8. The SMILES string of the molecule is COc1ccc([C@H]2/C(=C(\O)c3c(C)nc4c(C)cccn34)C(=O)C(=O)N2CCN(C)C)cc1. The molecule has 3 aromatic rings. The average Bonchev–Trinajstić information content (AvgIpc) is 3.26. The van der Waals surface area contributed by atoms with Crippen LogP contribution in [0.25, 0.3) is 11.4 Å². The first-order chi connectivity index (χ1) is 15.7. The van der Waals surface area contributed by atoms with Crippen molar-refractivity contribution in [2.75, 3.05) is 34.3 Å². The normalized spacial score (nSPS) is 18.0. The highest BCUT2D eigenvalue weighted by Crippen LogP contribution is 2.40. The Morgan fingerprint density at radius 3 is 2.48 bits per heavy atom. The number of aromatic nitrogens is 2. The van der Waals surface area contributed by atoms with E-state index < -0.39 is 17.7 Å². The number of imidazole rings is 1. The third-order valence-electron chi connectivity index (χ3n) is 6.00. The molecule has 8 heteroatoms. The number of aliphatic hydroxyl groups is 1. The first kappa shape index (κ1) is 22.5. The number of aliphatic hydroxyl groups excluding tert-OH is 1. The molecule has 0 unspecified atom stereocenters. The van der Waals surface area contributed by atoms with Crippen LogP contribution in [0, 0.1) is 13.8 Å². The molecular weight excluding hydrogens is 420 g/mol. The van der Waals surface area contributed by atoms with Gasteiger partial charge in [-0.05, 0) is 57.3 Å². The maximum absolute atomic E-state index is 13.2. The van der Waals surface area contributed by atoms with Crippen LogP contribution < -0.4 is 4.74 Å². The molecule has 1 aliphatic rings. The highest BCUT2D eigenvalue weighted by molar-refractivity contribution is 6.46. The maximum Gasteiger partial charge on any atom is 0.295 e. The van der Waals surface area contributed by atoms with Crippen LogP contribution in [0.15, 0.2) is 48.2 Å². The molecule has 1 saturated heterocycles. The summed E-state index contributed by atoms with van der Waals surface area (Å²) in [6.07, 6.45) is 1.79. The van der Waals surface area contributed by atoms with Crippen LogP contribution in [0.3, 0.4) is 0 Å². The smallest absolute Gasteiger partial charge is 0.295 e. The number of pyridine rings is 1. The van der Waals surface area contributed by atoms with Gasteiger partial charge >= 0.3 is 0 Å². The Morgan fingerprint density at radius 2 is 1.85 bits per heavy atom. The Hall–Kier alpha value is -3.65. The predicted molar refractivity (Wildman–Crippen MR) is 125 cm³/mol. The number of hydrogen-bond acceptors (Lipinski definition) is 6. The van der Waals surface area contributed by atoms with E-state index in [1.807, 2.05) is 50.2 Å². The molecule has 33 heavy (non-hydrogen) atoms. The van der Waals surface area contributed by atoms with Gasteiger partial charge in [-0.25, -0.2) is 4.98 Å². The van der Waals surface area contributed by atoms with E-state index in [9.17, 15) is 14.7 Å². The van der Waals surface area contributed by atoms with Gasteiger partial charge in [0.1, 0.15) is 17.1 Å². The zero-order chi connectivity index (χ0) is 23.9. The summed E-state index contributed by atoms with van der Waals surface area (Å²) in [7, 11) is 5.39. The van der Waals surface area contributed by atoms with Gasteiger partial charge in [0.15, 0.2) is 5.76 Å². The minimum Gasteiger partial charge on any atom is -0.505 e. The number of fused-ring (bicyclic) bond motifs is 1. The van der Waals surface area contributed by atoms with Crippen molar-refractivity contribution in [3.63, 3.8) is 0 Å². The zero-order valence-electron chi connectivity index (χ0n) is 19.5. The number of likely N-dealkylation sites (tertiary alicyclic amines) is 1. The van der Waals surface area contributed by atoms with Crippen LogP contribution in [0.5, 0.6) is 5.75 Å². The van der Waals surface area contributed by atoms with Gasteiger partial charge < -0.3 is 19.6 Å². The summed E-state index contributed by atoms with van der Waals surface area (Å²) in [5, 5.41) is 11.5. The number of rotatable bonds is 6. The molecule has 0 spiro atoms. The Labute approximate surface area is 192 Å². The number of amides is 1. The molecule has 0 saturated carbocycles. The van der Waals surface area contributed by atoms with Gasteiger partial charge in [0.25, 0.3) is 11.7 Å². The molecular formula is C25H28N4O4. The number of Topliss-reactive ketones (excluding diaryl/α,β-unsaturated/α-hetero) is 1. The second-order valence-corrected chi connectivity index (χ2v) is 8.50. The summed E-state index contributed by atoms with van der Waals surface area (Å²) >= 11 is 0. The van der Waals surface area contributed by atoms with Crippen LogP contribution in [0.4, 0.5) is 0 Å². The van der Waals surface area contributed by atoms with Crippen molar-refractivity contribution in [3.05, 3.63) is 70.7 Å². The van der Waals surface area contributed by atoms with E-state index in [0.717, 1.165) is 11.1 Å². The molecule has 1 aromatic carbocycles. The molecule has 1 aliphatic heterocycles. The molecule has 1 N–H and O–H groups in total. The van der Waals surface area contributed by atoms with Gasteiger partial charge in [-0.1, -0.05) is 18.2 Å². The van der Waals surface area contributed by atoms with Crippen LogP contribution in [0.2, 0.25) is 0 Å². The van der Waals surface area contributed by atoms with Crippen LogP contribution in [-0.2, 0) is 9.59 Å². The summed E-state index contributed by atoms with van der Waals surface area (Å²) in [4.78, 5) is 34.4. The summed E-state index contributed by atoms with van der Waals surface area (Å²) in [5.41, 5.74) is 3.41. The lowest BCUT2D eigenvalue weighted by Gasteiger charge is -2.26. The van der Waals surface area contributed by atoms with E-state index in [-0.39, 0.29) is 11.3 Å². The molecule has 8 nitrogen and oxygen atoms in total. The van der Waals surface area contributed by atoms with Gasteiger partial charge in [0.2, 0.25) is 0 Å². The second kappa shape index (κ2) is 8.71. The van der Waals surface area contributed by atoms with Crippen LogP contribution >= 0.6 is 0 Å². The number of ether oxygens (including phenoxy) is 1. The third kappa shape index (κ3) is 3.87. The summed E-state index contributed by atoms with van der Waals surface area (Å²) in [6, 6.07) is 10.3. The fraction of sp³-hybridized carbons (Fsp3) is 0.320. The monoisotopic (exact) mass is 448 g/mol. The Morgan fingerprint density at radius 1 is 1.15 bits per heavy atom. The lowest BCUT2D eigenvalue weighted by atomic mass is 9.96. The highest BCUT2D eigenvalue weighted by Gasteiger charge is 2.46. The van der Waals surface area contributed by atoms with Crippen LogP contribution in [-0.4, -0.2) is 70.3 Å². The third-order valence-corrected chi connectivity index (χ3v) is 6.00. The van der Waals surface area contributed by atoms with Crippen molar-refractivity contribution >= 4 is 23.1 Å². The lowest BCUT2D eigenvalue weighted by Crippen LogP contribution is -2.35. The fourth-order valence-electron chi connectivity index (χ4n) is 4.28. The number of aryl methyl sites for hydroxylation is 2. The van der Waals surface area contributed by atoms with Crippen molar-refractivity contribution in [2.24, 2.45) is 0 Å². The molecule has 0 radical (unpaired) electrons. The van der Waals surface area contributed by atoms with Crippen molar-refractivity contribution in [2.45, 2.75) is 19.9 Å². The number of hydrogen-bond donors (Lipinski definition) is 1. The maximum atomic E-state index is 13.2. The fourth-order valence-corrected chi connectivity index (χ4v) is 4.28. The summed E-state index contributed by atoms with van der Waals surface area (Å²) < 4.78 is 7.02. The van der Waals surface area contributed by atoms with Crippen molar-refractivity contribution in [1.82, 2.24) is 19.2 Å². The van der Waals surface area contributed by atoms with Gasteiger partial charge in [0, 0.05) is 19.3 Å². The average molecular weight is 449 g/mol. The van der Waals surface area contributed by atoms with Gasteiger partial charge in [-0.2, -0.15) is 0 Å². The number of carbonyl (C=O) groups excluding carboxylic acids is 2. The Bertz CT molecular complexity index is 1260. The number of methoxy groups -OCH3 is 1. The highest BCUT2D eigenvalue weighted by atomic mass is 16.5. The zero-order valence-corrected chi connectivity index (χ0v) is 19.5. The molecule has 0 aliphatic carbocycles. The number of benzene rings is 1. The molecule has 3 heterocycles. The van der Waals surface area contributed by atoms with E-state index in [1.165, 1.54) is 4.90 Å². The van der Waals surface area contributed by atoms with Crippen LogP contribution in [0.1, 0.15) is 28.6 Å². The van der Waals surface area contributed by atoms with E-state index in [2.05, 4.69) is 4.98 Å². The van der Waals surface area contributed by atoms with E-state index in [1.54, 1.807) is 36.8 Å². The topological polar surface area (TPSA) is 87.4 Å². The lowest BCUT2D eigenvalue weighted by molar-refractivity contribution is -0.140. The largest absolute Gasteiger partial charge is 0.505 e. The molecule has 1 atom stereocenters. The Kier molecular flexibility index (Phi) is 5.95. The van der Waals surface area contributed by atoms with Crippen molar-refractivity contribution < 1.29 is 19.4 Å². The quantitative estimate of drug-likeness (QED) is 0.354. The number of nitrogens with zero attached hydrogens (tertiary/aromatic N) is 4. The van der Waals surface area contributed by atoms with Crippen molar-refractivity contribution in [1.29, 1.82) is 0 Å².